The molecule has 0 spiro atoms. The van der Waals surface area contributed by atoms with Crippen LogP contribution in [0.3, 0.4) is 0 Å². The van der Waals surface area contributed by atoms with Crippen LogP contribution in [0.4, 0.5) is 0 Å². The van der Waals surface area contributed by atoms with Gasteiger partial charge in [-0.3, -0.25) is 19.2 Å². The molecule has 29 heavy (non-hydrogen) atoms. The molecule has 2 atom stereocenters. The molecule has 1 aliphatic heterocycles. The maximum Gasteiger partial charge on any atom is 0.308 e. The van der Waals surface area contributed by atoms with E-state index in [2.05, 4.69) is 0 Å². The Kier molecular flexibility index (Phi) is 5.63. The van der Waals surface area contributed by atoms with Crippen molar-refractivity contribution in [2.45, 2.75) is 33.0 Å². The highest BCUT2D eigenvalue weighted by atomic mass is 16.6. The highest BCUT2D eigenvalue weighted by Gasteiger charge is 2.42. The van der Waals surface area contributed by atoms with Gasteiger partial charge >= 0.3 is 17.9 Å². The number of rotatable bonds is 4. The van der Waals surface area contributed by atoms with Gasteiger partial charge in [-0.15, -0.1) is 0 Å². The van der Waals surface area contributed by atoms with Gasteiger partial charge in [-0.2, -0.15) is 0 Å². The van der Waals surface area contributed by atoms with Crippen LogP contribution >= 0.6 is 0 Å². The van der Waals surface area contributed by atoms with Crippen molar-refractivity contribution in [2.75, 3.05) is 0 Å². The van der Waals surface area contributed by atoms with E-state index >= 15 is 0 Å². The van der Waals surface area contributed by atoms with Gasteiger partial charge < -0.3 is 18.9 Å². The predicted molar refractivity (Wildman–Crippen MR) is 98.8 cm³/mol. The van der Waals surface area contributed by atoms with Gasteiger partial charge in [-0.05, 0) is 29.8 Å². The SMILES string of the molecule is CC(=O)Oc1ccc(C2Oc3cccc(OC(C)=O)c3C(=O)[C@@H]2OC(C)=O)cc1. The molecule has 1 unspecified atom stereocenters. The molecule has 0 bridgehead atoms. The zero-order valence-electron chi connectivity index (χ0n) is 16.0. The molecule has 1 aliphatic rings. The molecule has 0 radical (unpaired) electrons. The molecule has 0 aromatic heterocycles. The number of hydrogen-bond donors (Lipinski definition) is 0. The zero-order chi connectivity index (χ0) is 21.1. The zero-order valence-corrected chi connectivity index (χ0v) is 16.0. The van der Waals surface area contributed by atoms with Gasteiger partial charge in [0.25, 0.3) is 0 Å². The van der Waals surface area contributed by atoms with Gasteiger partial charge in [0.15, 0.2) is 6.10 Å². The molecule has 0 saturated heterocycles. The number of Topliss-reactive ketones (excluding diaryl/α,β-unsaturated/α-hetero) is 1. The molecule has 150 valence electrons. The minimum absolute atomic E-state index is 0.0285. The van der Waals surface area contributed by atoms with Crippen LogP contribution in [0.15, 0.2) is 42.5 Å². The largest absolute Gasteiger partial charge is 0.480 e. The van der Waals surface area contributed by atoms with Crippen molar-refractivity contribution in [3.8, 4) is 17.2 Å². The predicted octanol–water partition coefficient (Wildman–Crippen LogP) is 2.79. The summed E-state index contributed by atoms with van der Waals surface area (Å²) < 4.78 is 21.3. The molecule has 2 aromatic carbocycles. The molecule has 8 heteroatoms. The maximum absolute atomic E-state index is 13.1. The van der Waals surface area contributed by atoms with Gasteiger partial charge in [-0.1, -0.05) is 18.2 Å². The Morgan fingerprint density at radius 1 is 0.862 bits per heavy atom. The molecule has 2 aromatic rings. The van der Waals surface area contributed by atoms with Gasteiger partial charge in [0, 0.05) is 20.8 Å². The Balaban J connectivity index is 2.01. The average Bonchev–Trinajstić information content (AvgIpc) is 2.63. The fourth-order valence-corrected chi connectivity index (χ4v) is 3.00. The highest BCUT2D eigenvalue weighted by molar-refractivity contribution is 6.06. The summed E-state index contributed by atoms with van der Waals surface area (Å²) in [6.07, 6.45) is -2.21. The van der Waals surface area contributed by atoms with Gasteiger partial charge in [0.05, 0.1) is 0 Å². The van der Waals surface area contributed by atoms with Crippen molar-refractivity contribution >= 4 is 23.7 Å². The van der Waals surface area contributed by atoms with Gasteiger partial charge in [0.1, 0.15) is 22.8 Å². The molecule has 0 fully saturated rings. The second-order valence-corrected chi connectivity index (χ2v) is 6.32. The molecular formula is C21H18O8. The summed E-state index contributed by atoms with van der Waals surface area (Å²) in [6.45, 7) is 3.68. The van der Waals surface area contributed by atoms with Crippen molar-refractivity contribution in [3.05, 3.63) is 53.6 Å². The minimum Gasteiger partial charge on any atom is -0.480 e. The van der Waals surface area contributed by atoms with E-state index in [1.165, 1.54) is 26.8 Å². The topological polar surface area (TPSA) is 105 Å². The number of esters is 3. The molecule has 3 rings (SSSR count). The number of hydrogen-bond acceptors (Lipinski definition) is 8. The number of fused-ring (bicyclic) bond motifs is 1. The lowest BCUT2D eigenvalue weighted by molar-refractivity contribution is -0.149. The van der Waals surface area contributed by atoms with Crippen LogP contribution in [-0.4, -0.2) is 29.8 Å². The summed E-state index contributed by atoms with van der Waals surface area (Å²) in [6, 6.07) is 10.9. The molecule has 0 aliphatic carbocycles. The number of carbonyl (C=O) groups excluding carboxylic acids is 4. The number of carbonyl (C=O) groups is 4. The van der Waals surface area contributed by atoms with E-state index in [0.29, 0.717) is 11.3 Å². The Labute approximate surface area is 166 Å². The van der Waals surface area contributed by atoms with Crippen molar-refractivity contribution < 1.29 is 38.1 Å². The van der Waals surface area contributed by atoms with Crippen LogP contribution in [0.2, 0.25) is 0 Å². The fraction of sp³-hybridized carbons (Fsp3) is 0.238. The number of ketones is 1. The lowest BCUT2D eigenvalue weighted by Crippen LogP contribution is -2.39. The number of benzene rings is 2. The third-order valence-corrected chi connectivity index (χ3v) is 4.04. The lowest BCUT2D eigenvalue weighted by atomic mass is 9.92. The van der Waals surface area contributed by atoms with E-state index in [4.69, 9.17) is 18.9 Å². The first-order valence-corrected chi connectivity index (χ1v) is 8.74. The third kappa shape index (κ3) is 4.43. The Bertz CT molecular complexity index is 977. The van der Waals surface area contributed by atoms with Crippen LogP contribution in [-0.2, 0) is 19.1 Å². The van der Waals surface area contributed by atoms with E-state index in [1.807, 2.05) is 0 Å². The third-order valence-electron chi connectivity index (χ3n) is 4.04. The summed E-state index contributed by atoms with van der Waals surface area (Å²) in [4.78, 5) is 47.2. The Morgan fingerprint density at radius 2 is 1.52 bits per heavy atom. The van der Waals surface area contributed by atoms with Crippen LogP contribution in [0.1, 0.15) is 42.8 Å². The summed E-state index contributed by atoms with van der Waals surface area (Å²) in [5.74, 6) is -1.73. The molecule has 8 nitrogen and oxygen atoms in total. The first-order chi connectivity index (χ1) is 13.8. The van der Waals surface area contributed by atoms with E-state index in [9.17, 15) is 19.2 Å². The van der Waals surface area contributed by atoms with Gasteiger partial charge in [0.2, 0.25) is 11.9 Å². The van der Waals surface area contributed by atoms with E-state index < -0.39 is 35.9 Å². The van der Waals surface area contributed by atoms with Gasteiger partial charge in [-0.25, -0.2) is 0 Å². The second-order valence-electron chi connectivity index (χ2n) is 6.32. The van der Waals surface area contributed by atoms with Crippen molar-refractivity contribution in [3.63, 3.8) is 0 Å². The van der Waals surface area contributed by atoms with E-state index in [0.717, 1.165) is 0 Å². The maximum atomic E-state index is 13.1. The lowest BCUT2D eigenvalue weighted by Gasteiger charge is -2.32. The minimum atomic E-state index is -1.28. The van der Waals surface area contributed by atoms with Crippen LogP contribution in [0.25, 0.3) is 0 Å². The molecule has 1 heterocycles. The fourth-order valence-electron chi connectivity index (χ4n) is 3.00. The summed E-state index contributed by atoms with van der Waals surface area (Å²) >= 11 is 0. The van der Waals surface area contributed by atoms with Crippen LogP contribution < -0.4 is 14.2 Å². The normalized spacial score (nSPS) is 17.6. The molecular weight excluding hydrogens is 380 g/mol. The molecule has 0 N–H and O–H groups in total. The first-order valence-electron chi connectivity index (χ1n) is 8.74. The number of ether oxygens (including phenoxy) is 4. The standard InChI is InChI=1S/C21H18O8/c1-11(22)26-15-9-7-14(8-10-15)20-21(28-13(3)24)19(25)18-16(27-12(2)23)5-4-6-17(18)29-20/h4-10,20-21H,1-3H3/t20?,21-/m0/s1. The van der Waals surface area contributed by atoms with Crippen LogP contribution in [0.5, 0.6) is 17.2 Å². The highest BCUT2D eigenvalue weighted by Crippen LogP contribution is 2.41. The first kappa shape index (κ1) is 20.1. The van der Waals surface area contributed by atoms with Crippen molar-refractivity contribution in [1.82, 2.24) is 0 Å². The summed E-state index contributed by atoms with van der Waals surface area (Å²) in [5.41, 5.74) is 0.561. The monoisotopic (exact) mass is 398 g/mol. The van der Waals surface area contributed by atoms with Crippen molar-refractivity contribution in [1.29, 1.82) is 0 Å². The van der Waals surface area contributed by atoms with E-state index in [-0.39, 0.29) is 17.1 Å². The molecule has 0 amide bonds. The second kappa shape index (κ2) is 8.14. The summed E-state index contributed by atoms with van der Waals surface area (Å²) in [5, 5.41) is 0. The van der Waals surface area contributed by atoms with Crippen LogP contribution in [0, 0.1) is 0 Å². The summed E-state index contributed by atoms with van der Waals surface area (Å²) in [7, 11) is 0. The Hall–Kier alpha value is -3.68. The van der Waals surface area contributed by atoms with Crippen molar-refractivity contribution in [2.24, 2.45) is 0 Å². The smallest absolute Gasteiger partial charge is 0.308 e. The quantitative estimate of drug-likeness (QED) is 0.572. The molecule has 0 saturated carbocycles. The Morgan fingerprint density at radius 3 is 2.10 bits per heavy atom. The van der Waals surface area contributed by atoms with E-state index in [1.54, 1.807) is 36.4 Å². The average molecular weight is 398 g/mol.